The number of methoxy groups -OCH3 is 1. The second-order valence-electron chi connectivity index (χ2n) is 8.52. The number of rotatable bonds is 4. The summed E-state index contributed by atoms with van der Waals surface area (Å²) in [7, 11) is 1.81. The molecule has 2 saturated carbocycles. The number of ether oxygens (including phenoxy) is 1. The van der Waals surface area contributed by atoms with Crippen molar-refractivity contribution in [2.75, 3.05) is 20.2 Å². The zero-order valence-corrected chi connectivity index (χ0v) is 16.5. The number of likely N-dealkylation sites (tertiary alicyclic amines) is 1. The van der Waals surface area contributed by atoms with Crippen LogP contribution in [0.15, 0.2) is 35.0 Å². The molecule has 1 aromatic carbocycles. The number of fused-ring (bicyclic) bond motifs is 2. The number of nitrogens with zero attached hydrogens (tertiary/aromatic N) is 1. The largest absolute Gasteiger partial charge is 0.496 e. The van der Waals surface area contributed by atoms with Gasteiger partial charge in [0.2, 0.25) is 0 Å². The Balaban J connectivity index is 1.32. The lowest BCUT2D eigenvalue weighted by Crippen LogP contribution is -2.43. The maximum absolute atomic E-state index is 5.73. The Labute approximate surface area is 161 Å². The molecule has 0 radical (unpaired) electrons. The Hall–Kier alpha value is -1.32. The fourth-order valence-corrected chi connectivity index (χ4v) is 6.53. The molecule has 1 aliphatic heterocycles. The molecule has 1 saturated heterocycles. The van der Waals surface area contributed by atoms with Crippen LogP contribution in [0.4, 0.5) is 0 Å². The molecule has 0 amide bonds. The first-order valence-corrected chi connectivity index (χ1v) is 11.2. The normalized spacial score (nSPS) is 29.3. The molecule has 3 atom stereocenters. The third kappa shape index (κ3) is 2.99. The van der Waals surface area contributed by atoms with Crippen molar-refractivity contribution >= 4 is 11.3 Å². The maximum Gasteiger partial charge on any atom is 0.122 e. The molecular formula is C23H29NOS. The van der Waals surface area contributed by atoms with Gasteiger partial charge in [0.15, 0.2) is 0 Å². The lowest BCUT2D eigenvalue weighted by Gasteiger charge is -2.40. The van der Waals surface area contributed by atoms with Gasteiger partial charge in [0.25, 0.3) is 0 Å². The summed E-state index contributed by atoms with van der Waals surface area (Å²) in [6, 6.07) is 9.88. The summed E-state index contributed by atoms with van der Waals surface area (Å²) >= 11 is 1.77. The summed E-state index contributed by atoms with van der Waals surface area (Å²) < 4.78 is 5.73. The Kier molecular flexibility index (Phi) is 4.54. The minimum absolute atomic E-state index is 0.637. The molecular weight excluding hydrogens is 338 g/mol. The molecule has 0 N–H and O–H groups in total. The monoisotopic (exact) mass is 367 g/mol. The van der Waals surface area contributed by atoms with Crippen LogP contribution in [0, 0.1) is 11.8 Å². The molecule has 2 heterocycles. The highest BCUT2D eigenvalue weighted by atomic mass is 32.1. The van der Waals surface area contributed by atoms with E-state index in [2.05, 4.69) is 39.9 Å². The van der Waals surface area contributed by atoms with Gasteiger partial charge in [-0.3, -0.25) is 0 Å². The van der Waals surface area contributed by atoms with Crippen LogP contribution in [0.3, 0.4) is 0 Å². The van der Waals surface area contributed by atoms with E-state index in [9.17, 15) is 0 Å². The minimum Gasteiger partial charge on any atom is -0.496 e. The van der Waals surface area contributed by atoms with Crippen molar-refractivity contribution in [1.82, 2.24) is 4.90 Å². The molecule has 1 aromatic heterocycles. The van der Waals surface area contributed by atoms with Gasteiger partial charge in [-0.05, 0) is 109 Å². The quantitative estimate of drug-likeness (QED) is 0.678. The van der Waals surface area contributed by atoms with Gasteiger partial charge in [0.1, 0.15) is 5.75 Å². The van der Waals surface area contributed by atoms with Crippen LogP contribution in [0.2, 0.25) is 0 Å². The highest BCUT2D eigenvalue weighted by Crippen LogP contribution is 2.48. The van der Waals surface area contributed by atoms with E-state index in [1.54, 1.807) is 11.3 Å². The first-order chi connectivity index (χ1) is 12.8. The van der Waals surface area contributed by atoms with Crippen molar-refractivity contribution in [2.45, 2.75) is 50.5 Å². The molecule has 0 unspecified atom stereocenters. The average Bonchev–Trinajstić information content (AvgIpc) is 3.45. The van der Waals surface area contributed by atoms with E-state index in [0.717, 1.165) is 23.6 Å². The average molecular weight is 368 g/mol. The Bertz CT molecular complexity index is 748. The Morgan fingerprint density at radius 1 is 1.00 bits per heavy atom. The number of benzene rings is 1. The van der Waals surface area contributed by atoms with Gasteiger partial charge >= 0.3 is 0 Å². The van der Waals surface area contributed by atoms with Gasteiger partial charge in [-0.15, -0.1) is 0 Å². The van der Waals surface area contributed by atoms with Gasteiger partial charge in [-0.1, -0.05) is 12.5 Å². The standard InChI is InChI=1S/C23H29NOS/c1-25-23-5-4-18(20-8-11-26-15-20)14-21(23)17-6-9-24(10-7-17)22-13-16-2-3-19(22)12-16/h4-5,8,11,14-17,19,22H,2-3,6-7,9-10,12-13H2,1H3/t16-,19-,22-/m0/s1. The van der Waals surface area contributed by atoms with Crippen molar-refractivity contribution in [1.29, 1.82) is 0 Å². The summed E-state index contributed by atoms with van der Waals surface area (Å²) in [5.74, 6) is 3.76. The van der Waals surface area contributed by atoms with E-state index in [4.69, 9.17) is 4.74 Å². The van der Waals surface area contributed by atoms with Crippen LogP contribution in [-0.4, -0.2) is 31.1 Å². The second kappa shape index (κ2) is 7.01. The molecule has 2 bridgehead atoms. The number of hydrogen-bond acceptors (Lipinski definition) is 3. The highest BCUT2D eigenvalue weighted by molar-refractivity contribution is 7.08. The Morgan fingerprint density at radius 2 is 1.88 bits per heavy atom. The molecule has 5 rings (SSSR count). The van der Waals surface area contributed by atoms with Crippen LogP contribution >= 0.6 is 11.3 Å². The van der Waals surface area contributed by atoms with Gasteiger partial charge < -0.3 is 9.64 Å². The molecule has 2 nitrogen and oxygen atoms in total. The van der Waals surface area contributed by atoms with E-state index >= 15 is 0 Å². The van der Waals surface area contributed by atoms with Crippen LogP contribution in [0.1, 0.15) is 50.0 Å². The summed E-state index contributed by atoms with van der Waals surface area (Å²) in [4.78, 5) is 2.83. The molecule has 2 aromatic rings. The highest BCUT2D eigenvalue weighted by Gasteiger charge is 2.43. The van der Waals surface area contributed by atoms with Crippen LogP contribution in [0.5, 0.6) is 5.75 Å². The van der Waals surface area contributed by atoms with Gasteiger partial charge in [-0.2, -0.15) is 11.3 Å². The smallest absolute Gasteiger partial charge is 0.122 e. The van der Waals surface area contributed by atoms with Gasteiger partial charge in [-0.25, -0.2) is 0 Å². The molecule has 3 heteroatoms. The first-order valence-electron chi connectivity index (χ1n) is 10.3. The molecule has 3 aliphatic rings. The third-order valence-corrected chi connectivity index (χ3v) is 7.91. The molecule has 2 aliphatic carbocycles. The summed E-state index contributed by atoms with van der Waals surface area (Å²) in [5.41, 5.74) is 4.08. The number of piperidine rings is 1. The van der Waals surface area contributed by atoms with Crippen molar-refractivity contribution in [2.24, 2.45) is 11.8 Å². The predicted molar refractivity (Wildman–Crippen MR) is 109 cm³/mol. The first kappa shape index (κ1) is 16.8. The lowest BCUT2D eigenvalue weighted by atomic mass is 9.85. The molecule has 138 valence electrons. The van der Waals surface area contributed by atoms with E-state index in [1.807, 2.05) is 7.11 Å². The fraction of sp³-hybridized carbons (Fsp3) is 0.565. The maximum atomic E-state index is 5.73. The summed E-state index contributed by atoms with van der Waals surface area (Å²) in [5, 5.41) is 4.40. The van der Waals surface area contributed by atoms with Crippen LogP contribution in [0.25, 0.3) is 11.1 Å². The van der Waals surface area contributed by atoms with Crippen molar-refractivity contribution in [3.63, 3.8) is 0 Å². The van der Waals surface area contributed by atoms with Crippen molar-refractivity contribution in [3.05, 3.63) is 40.6 Å². The van der Waals surface area contributed by atoms with Gasteiger partial charge in [0.05, 0.1) is 7.11 Å². The Morgan fingerprint density at radius 3 is 2.54 bits per heavy atom. The third-order valence-electron chi connectivity index (χ3n) is 7.22. The van der Waals surface area contributed by atoms with Crippen LogP contribution in [-0.2, 0) is 0 Å². The predicted octanol–water partition coefficient (Wildman–Crippen LogP) is 5.79. The minimum atomic E-state index is 0.637. The molecule has 0 spiro atoms. The van der Waals surface area contributed by atoms with E-state index in [0.29, 0.717) is 5.92 Å². The van der Waals surface area contributed by atoms with Gasteiger partial charge in [0, 0.05) is 6.04 Å². The van der Waals surface area contributed by atoms with E-state index in [-0.39, 0.29) is 0 Å². The van der Waals surface area contributed by atoms with Crippen LogP contribution < -0.4 is 4.74 Å². The van der Waals surface area contributed by atoms with E-state index in [1.165, 1.54) is 68.3 Å². The zero-order valence-electron chi connectivity index (χ0n) is 15.7. The number of thiophene rings is 1. The SMILES string of the molecule is COc1ccc(-c2ccsc2)cc1C1CCN([C@H]2C[C@H]3CC[C@H]2C3)CC1. The van der Waals surface area contributed by atoms with Crippen molar-refractivity contribution in [3.8, 4) is 16.9 Å². The zero-order chi connectivity index (χ0) is 17.5. The lowest BCUT2D eigenvalue weighted by molar-refractivity contribution is 0.110. The summed E-state index contributed by atoms with van der Waals surface area (Å²) in [6.45, 7) is 2.54. The summed E-state index contributed by atoms with van der Waals surface area (Å²) in [6.07, 6.45) is 8.54. The van der Waals surface area contributed by atoms with Crippen molar-refractivity contribution < 1.29 is 4.74 Å². The molecule has 3 fully saturated rings. The van der Waals surface area contributed by atoms with E-state index < -0.39 is 0 Å². The molecule has 26 heavy (non-hydrogen) atoms. The fourth-order valence-electron chi connectivity index (χ4n) is 5.86. The topological polar surface area (TPSA) is 12.5 Å². The second-order valence-corrected chi connectivity index (χ2v) is 9.30. The number of hydrogen-bond donors (Lipinski definition) is 0.